The van der Waals surface area contributed by atoms with E-state index in [0.717, 1.165) is 36.8 Å². The van der Waals surface area contributed by atoms with E-state index in [1.165, 1.54) is 0 Å². The lowest BCUT2D eigenvalue weighted by Crippen LogP contribution is -2.56. The Hall–Kier alpha value is -1.26. The van der Waals surface area contributed by atoms with Crippen molar-refractivity contribution in [2.75, 3.05) is 6.61 Å². The number of hydrogen-bond donors (Lipinski definition) is 2. The molecule has 3 fully saturated rings. The largest absolute Gasteiger partial charge is 0.393 e. The molecule has 4 aliphatic rings. The highest BCUT2D eigenvalue weighted by atomic mass is 16.3. The normalized spacial score (nSPS) is 47.4. The quantitative estimate of drug-likeness (QED) is 0.796. The summed E-state index contributed by atoms with van der Waals surface area (Å²) in [6.07, 6.45) is 7.71. The van der Waals surface area contributed by atoms with Crippen molar-refractivity contribution in [2.24, 2.45) is 34.5 Å². The van der Waals surface area contributed by atoms with Gasteiger partial charge in [0, 0.05) is 17.3 Å². The van der Waals surface area contributed by atoms with Gasteiger partial charge in [0.25, 0.3) is 0 Å². The summed E-state index contributed by atoms with van der Waals surface area (Å²) in [5, 5.41) is 20.6. The third-order valence-electron chi connectivity index (χ3n) is 8.34. The lowest BCUT2D eigenvalue weighted by atomic mass is 9.46. The van der Waals surface area contributed by atoms with Crippen molar-refractivity contribution in [3.63, 3.8) is 0 Å². The highest BCUT2D eigenvalue weighted by Gasteiger charge is 2.62. The summed E-state index contributed by atoms with van der Waals surface area (Å²) in [7, 11) is 0. The number of Topliss-reactive ketones (excluding diaryl/α,β-unsaturated/α-hetero) is 1. The molecule has 4 aliphatic carbocycles. The first-order chi connectivity index (χ1) is 12.2. The molecule has 4 heteroatoms. The highest BCUT2D eigenvalue weighted by molar-refractivity contribution is 6.05. The second-order valence-electron chi connectivity index (χ2n) is 9.51. The third-order valence-corrected chi connectivity index (χ3v) is 8.34. The fourth-order valence-corrected chi connectivity index (χ4v) is 7.25. The lowest BCUT2D eigenvalue weighted by molar-refractivity contribution is -0.141. The summed E-state index contributed by atoms with van der Waals surface area (Å²) in [6.45, 7) is 5.81. The number of carbonyl (C=O) groups is 2. The van der Waals surface area contributed by atoms with Crippen molar-refractivity contribution in [3.05, 3.63) is 23.3 Å². The summed E-state index contributed by atoms with van der Waals surface area (Å²) in [5.41, 5.74) is 1.46. The summed E-state index contributed by atoms with van der Waals surface area (Å²) in [6, 6.07) is 0. The molecule has 0 bridgehead atoms. The van der Waals surface area contributed by atoms with E-state index in [1.54, 1.807) is 6.08 Å². The summed E-state index contributed by atoms with van der Waals surface area (Å²) in [5.74, 6) is 0.762. The molecule has 0 unspecified atom stereocenters. The van der Waals surface area contributed by atoms with Crippen molar-refractivity contribution < 1.29 is 19.8 Å². The second kappa shape index (κ2) is 5.87. The first-order valence-electron chi connectivity index (χ1n) is 9.99. The van der Waals surface area contributed by atoms with Gasteiger partial charge in [0.05, 0.1) is 6.10 Å². The van der Waals surface area contributed by atoms with E-state index >= 15 is 0 Å². The van der Waals surface area contributed by atoms with Crippen molar-refractivity contribution in [1.29, 1.82) is 0 Å². The Balaban J connectivity index is 1.73. The minimum atomic E-state index is -0.487. The Morgan fingerprint density at radius 2 is 2.00 bits per heavy atom. The minimum Gasteiger partial charge on any atom is -0.393 e. The van der Waals surface area contributed by atoms with Crippen LogP contribution < -0.4 is 0 Å². The van der Waals surface area contributed by atoms with Crippen molar-refractivity contribution in [3.8, 4) is 0 Å². The molecule has 0 aliphatic heterocycles. The van der Waals surface area contributed by atoms with Crippen LogP contribution in [-0.4, -0.2) is 34.5 Å². The maximum Gasteiger partial charge on any atom is 0.181 e. The maximum absolute atomic E-state index is 12.3. The summed E-state index contributed by atoms with van der Waals surface area (Å²) < 4.78 is 0. The van der Waals surface area contributed by atoms with Gasteiger partial charge < -0.3 is 10.2 Å². The van der Waals surface area contributed by atoms with Crippen LogP contribution in [0.1, 0.15) is 52.9 Å². The van der Waals surface area contributed by atoms with E-state index in [4.69, 9.17) is 0 Å². The number of aliphatic hydroxyl groups excluding tert-OH is 2. The molecule has 0 amide bonds. The van der Waals surface area contributed by atoms with E-state index < -0.39 is 12.7 Å². The van der Waals surface area contributed by atoms with E-state index in [9.17, 15) is 19.8 Å². The van der Waals surface area contributed by atoms with Crippen LogP contribution >= 0.6 is 0 Å². The van der Waals surface area contributed by atoms with Gasteiger partial charge in [-0.1, -0.05) is 25.5 Å². The van der Waals surface area contributed by atoms with Gasteiger partial charge in [-0.3, -0.25) is 9.59 Å². The number of ketones is 2. The van der Waals surface area contributed by atoms with Crippen LogP contribution in [0, 0.1) is 34.5 Å². The van der Waals surface area contributed by atoms with Gasteiger partial charge >= 0.3 is 0 Å². The molecule has 0 heterocycles. The van der Waals surface area contributed by atoms with E-state index in [1.807, 2.05) is 6.92 Å². The van der Waals surface area contributed by atoms with Gasteiger partial charge in [-0.25, -0.2) is 0 Å². The predicted octanol–water partition coefficient (Wildman–Crippen LogP) is 2.83. The molecule has 7 atom stereocenters. The van der Waals surface area contributed by atoms with Crippen LogP contribution in [0.5, 0.6) is 0 Å². The Morgan fingerprint density at radius 1 is 1.27 bits per heavy atom. The Morgan fingerprint density at radius 3 is 2.69 bits per heavy atom. The Kier molecular flexibility index (Phi) is 4.09. The number of allylic oxidation sites excluding steroid dienone is 4. The van der Waals surface area contributed by atoms with Crippen LogP contribution in [0.2, 0.25) is 0 Å². The fraction of sp³-hybridized carbons (Fsp3) is 0.727. The molecule has 0 saturated heterocycles. The summed E-state index contributed by atoms with van der Waals surface area (Å²) >= 11 is 0. The Bertz CT molecular complexity index is 720. The molecule has 3 saturated carbocycles. The average molecular weight is 358 g/mol. The first kappa shape index (κ1) is 18.1. The molecule has 0 aromatic carbocycles. The molecule has 26 heavy (non-hydrogen) atoms. The number of carbonyl (C=O) groups excluding carboxylic acids is 2. The first-order valence-corrected chi connectivity index (χ1v) is 9.99. The van der Waals surface area contributed by atoms with Crippen molar-refractivity contribution in [2.45, 2.75) is 59.0 Å². The summed E-state index contributed by atoms with van der Waals surface area (Å²) in [4.78, 5) is 24.5. The average Bonchev–Trinajstić information content (AvgIpc) is 2.91. The second-order valence-corrected chi connectivity index (χ2v) is 9.51. The van der Waals surface area contributed by atoms with Gasteiger partial charge in [0.15, 0.2) is 11.6 Å². The van der Waals surface area contributed by atoms with Gasteiger partial charge in [-0.15, -0.1) is 0 Å². The zero-order valence-electron chi connectivity index (χ0n) is 16.0. The zero-order chi connectivity index (χ0) is 18.9. The molecule has 4 rings (SSSR count). The van der Waals surface area contributed by atoms with Crippen LogP contribution in [0.25, 0.3) is 0 Å². The van der Waals surface area contributed by atoms with Crippen molar-refractivity contribution >= 4 is 11.6 Å². The minimum absolute atomic E-state index is 0.0674. The lowest BCUT2D eigenvalue weighted by Gasteiger charge is -2.58. The molecular formula is C22H30O4. The van der Waals surface area contributed by atoms with E-state index in [-0.39, 0.29) is 34.2 Å². The smallest absolute Gasteiger partial charge is 0.181 e. The molecule has 4 nitrogen and oxygen atoms in total. The van der Waals surface area contributed by atoms with Gasteiger partial charge in [0.1, 0.15) is 6.61 Å². The van der Waals surface area contributed by atoms with Crippen LogP contribution in [0.15, 0.2) is 23.3 Å². The van der Waals surface area contributed by atoms with E-state index in [2.05, 4.69) is 19.9 Å². The number of fused-ring (bicyclic) bond motifs is 5. The van der Waals surface area contributed by atoms with Gasteiger partial charge in [0.2, 0.25) is 0 Å². The monoisotopic (exact) mass is 358 g/mol. The molecule has 142 valence electrons. The van der Waals surface area contributed by atoms with E-state index in [0.29, 0.717) is 18.3 Å². The third kappa shape index (κ3) is 2.27. The molecule has 0 aromatic heterocycles. The number of rotatable bonds is 2. The van der Waals surface area contributed by atoms with Crippen molar-refractivity contribution in [1.82, 2.24) is 0 Å². The van der Waals surface area contributed by atoms with Crippen LogP contribution in [-0.2, 0) is 9.59 Å². The number of aliphatic hydroxyl groups is 2. The van der Waals surface area contributed by atoms with Crippen LogP contribution in [0.4, 0.5) is 0 Å². The predicted molar refractivity (Wildman–Crippen MR) is 98.2 cm³/mol. The Labute approximate surface area is 155 Å². The molecule has 0 radical (unpaired) electrons. The molecule has 0 aromatic rings. The van der Waals surface area contributed by atoms with Gasteiger partial charge in [-0.05, 0) is 67.9 Å². The SMILES string of the molecule is CC1=C[C@@]2(C)C(=CC1=O)CC[C@@H]1[C@@H]2[C@@H]([16OH])C[C@]2(C)[C@@H](C(=O)C[16OH])CC[C@@H]12. The van der Waals surface area contributed by atoms with Crippen LogP contribution in [0.3, 0.4) is 0 Å². The fourth-order valence-electron chi connectivity index (χ4n) is 7.25. The molecule has 2 N–H and O–H groups in total. The number of hydrogen-bond acceptors (Lipinski definition) is 4. The molecule has 0 spiro atoms. The topological polar surface area (TPSA) is 74.6 Å². The highest BCUT2D eigenvalue weighted by Crippen LogP contribution is 2.66. The maximum atomic E-state index is 12.3. The zero-order valence-corrected chi connectivity index (χ0v) is 16.0. The molecular weight excluding hydrogens is 328 g/mol. The van der Waals surface area contributed by atoms with Gasteiger partial charge in [-0.2, -0.15) is 0 Å². The standard InChI is InChI=1S/C22H30O4/c1-12-9-21(2)13(8-17(12)24)4-5-14-15-6-7-16(19(26)11-23)22(15,3)10-18(25)20(14)21/h8-9,14-16,18,20,23,25H,4-7,10-11H2,1-3H3/t14-,15-,16+,18-,20+,21-,22-/m0/s1/i23+0,25+0.